The average Bonchev–Trinajstić information content (AvgIpc) is 2.82. The van der Waals surface area contributed by atoms with E-state index in [0.29, 0.717) is 10.8 Å². The molecule has 1 heterocycles. The second kappa shape index (κ2) is 6.06. The maximum absolute atomic E-state index is 11.8. The highest BCUT2D eigenvalue weighted by Gasteiger charge is 2.11. The molecule has 2 aromatic rings. The molecule has 1 aromatic heterocycles. The van der Waals surface area contributed by atoms with Crippen LogP contribution < -0.4 is 16.9 Å². The first-order valence-electron chi connectivity index (χ1n) is 5.54. The number of aromatic nitrogens is 3. The van der Waals surface area contributed by atoms with E-state index >= 15 is 0 Å². The Labute approximate surface area is 118 Å². The van der Waals surface area contributed by atoms with Crippen LogP contribution >= 0.6 is 11.8 Å². The number of hydrogen-bond donors (Lipinski definition) is 3. The standard InChI is InChI=1S/C11H12N6O2S/c12-10(19)7-3-1-2-4-8(7)15-9(18)5-20-11-16-14-6-17(11)13/h1-4,6H,5,13H2,(H2,12,19)(H,15,18). The predicted molar refractivity (Wildman–Crippen MR) is 74.5 cm³/mol. The molecule has 9 heteroatoms. The molecular formula is C11H12N6O2S. The van der Waals surface area contributed by atoms with Crippen LogP contribution in [-0.4, -0.2) is 32.4 Å². The molecule has 0 saturated heterocycles. The predicted octanol–water partition coefficient (Wildman–Crippen LogP) is -0.178. The minimum Gasteiger partial charge on any atom is -0.366 e. The van der Waals surface area contributed by atoms with Crippen LogP contribution in [0.3, 0.4) is 0 Å². The Bertz CT molecular complexity index is 641. The Morgan fingerprint density at radius 3 is 2.75 bits per heavy atom. The second-order valence-corrected chi connectivity index (χ2v) is 4.71. The minimum atomic E-state index is -0.602. The van der Waals surface area contributed by atoms with Gasteiger partial charge in [-0.15, -0.1) is 10.2 Å². The number of hydrogen-bond acceptors (Lipinski definition) is 6. The highest BCUT2D eigenvalue weighted by Crippen LogP contribution is 2.16. The van der Waals surface area contributed by atoms with Gasteiger partial charge in [-0.2, -0.15) is 0 Å². The van der Waals surface area contributed by atoms with Gasteiger partial charge in [-0.1, -0.05) is 23.9 Å². The van der Waals surface area contributed by atoms with Gasteiger partial charge in [0, 0.05) is 0 Å². The lowest BCUT2D eigenvalue weighted by molar-refractivity contribution is -0.113. The molecule has 0 aliphatic heterocycles. The smallest absolute Gasteiger partial charge is 0.250 e. The number of nitrogens with two attached hydrogens (primary N) is 2. The number of anilines is 1. The Morgan fingerprint density at radius 1 is 1.35 bits per heavy atom. The molecule has 1 aromatic carbocycles. The third kappa shape index (κ3) is 3.26. The summed E-state index contributed by atoms with van der Waals surface area (Å²) in [5.41, 5.74) is 5.86. The van der Waals surface area contributed by atoms with Gasteiger partial charge in [0.15, 0.2) is 0 Å². The SMILES string of the molecule is NC(=O)c1ccccc1NC(=O)CSc1nncn1N. The molecule has 0 unspecified atom stereocenters. The molecule has 0 radical (unpaired) electrons. The molecule has 0 aliphatic carbocycles. The van der Waals surface area contributed by atoms with Crippen LogP contribution in [0.5, 0.6) is 0 Å². The number of benzene rings is 1. The Kier molecular flexibility index (Phi) is 4.20. The lowest BCUT2D eigenvalue weighted by Crippen LogP contribution is -2.19. The van der Waals surface area contributed by atoms with Crippen molar-refractivity contribution in [2.75, 3.05) is 16.9 Å². The number of rotatable bonds is 5. The highest BCUT2D eigenvalue weighted by atomic mass is 32.2. The molecule has 0 saturated carbocycles. The van der Waals surface area contributed by atoms with Gasteiger partial charge in [0.1, 0.15) is 6.33 Å². The monoisotopic (exact) mass is 292 g/mol. The van der Waals surface area contributed by atoms with Gasteiger partial charge < -0.3 is 16.9 Å². The average molecular weight is 292 g/mol. The van der Waals surface area contributed by atoms with Crippen LogP contribution in [0, 0.1) is 0 Å². The van der Waals surface area contributed by atoms with E-state index in [0.717, 1.165) is 11.8 Å². The van der Waals surface area contributed by atoms with Gasteiger partial charge in [0.2, 0.25) is 11.1 Å². The number of carbonyl (C=O) groups excluding carboxylic acids is 2. The zero-order chi connectivity index (χ0) is 14.5. The van der Waals surface area contributed by atoms with E-state index in [1.165, 1.54) is 11.0 Å². The maximum Gasteiger partial charge on any atom is 0.250 e. The summed E-state index contributed by atoms with van der Waals surface area (Å²) in [5.74, 6) is 4.71. The number of para-hydroxylation sites is 1. The molecule has 0 fully saturated rings. The van der Waals surface area contributed by atoms with Gasteiger partial charge in [0.25, 0.3) is 5.91 Å². The summed E-state index contributed by atoms with van der Waals surface area (Å²) in [6.07, 6.45) is 1.34. The molecule has 0 bridgehead atoms. The summed E-state index contributed by atoms with van der Waals surface area (Å²) in [5, 5.41) is 10.4. The van der Waals surface area contributed by atoms with Gasteiger partial charge >= 0.3 is 0 Å². The van der Waals surface area contributed by atoms with Crippen LogP contribution in [0.25, 0.3) is 0 Å². The zero-order valence-corrected chi connectivity index (χ0v) is 11.1. The van der Waals surface area contributed by atoms with Crippen molar-refractivity contribution < 1.29 is 9.59 Å². The molecule has 0 atom stereocenters. The van der Waals surface area contributed by atoms with Crippen molar-refractivity contribution in [1.82, 2.24) is 14.9 Å². The number of amides is 2. The van der Waals surface area contributed by atoms with Crippen LogP contribution in [0.2, 0.25) is 0 Å². The quantitative estimate of drug-likeness (QED) is 0.518. The summed E-state index contributed by atoms with van der Waals surface area (Å²) in [6, 6.07) is 6.52. The first kappa shape index (κ1) is 13.9. The number of thioether (sulfide) groups is 1. The summed E-state index contributed by atoms with van der Waals surface area (Å²) >= 11 is 1.13. The third-order valence-electron chi connectivity index (χ3n) is 2.34. The number of nitrogen functional groups attached to an aromatic ring is 1. The first-order valence-corrected chi connectivity index (χ1v) is 6.53. The molecule has 20 heavy (non-hydrogen) atoms. The largest absolute Gasteiger partial charge is 0.366 e. The molecule has 0 spiro atoms. The van der Waals surface area contributed by atoms with Crippen molar-refractivity contribution in [1.29, 1.82) is 0 Å². The molecule has 2 rings (SSSR count). The van der Waals surface area contributed by atoms with Crippen molar-refractivity contribution >= 4 is 29.3 Å². The van der Waals surface area contributed by atoms with Crippen molar-refractivity contribution in [3.8, 4) is 0 Å². The van der Waals surface area contributed by atoms with E-state index in [1.807, 2.05) is 0 Å². The summed E-state index contributed by atoms with van der Waals surface area (Å²) < 4.78 is 1.22. The van der Waals surface area contributed by atoms with Crippen LogP contribution in [0.4, 0.5) is 5.69 Å². The van der Waals surface area contributed by atoms with Crippen LogP contribution in [0.1, 0.15) is 10.4 Å². The zero-order valence-electron chi connectivity index (χ0n) is 10.3. The van der Waals surface area contributed by atoms with E-state index in [4.69, 9.17) is 11.6 Å². The van der Waals surface area contributed by atoms with E-state index in [-0.39, 0.29) is 17.2 Å². The maximum atomic E-state index is 11.8. The van der Waals surface area contributed by atoms with Gasteiger partial charge in [0.05, 0.1) is 17.0 Å². The first-order chi connectivity index (χ1) is 9.58. The van der Waals surface area contributed by atoms with Crippen molar-refractivity contribution in [2.24, 2.45) is 5.73 Å². The van der Waals surface area contributed by atoms with Crippen molar-refractivity contribution in [2.45, 2.75) is 5.16 Å². The Balaban J connectivity index is 1.98. The summed E-state index contributed by atoms with van der Waals surface area (Å²) in [6.45, 7) is 0. The Hall–Kier alpha value is -2.55. The summed E-state index contributed by atoms with van der Waals surface area (Å²) in [4.78, 5) is 23.0. The number of primary amides is 1. The van der Waals surface area contributed by atoms with E-state index in [1.54, 1.807) is 24.3 Å². The lowest BCUT2D eigenvalue weighted by Gasteiger charge is -2.08. The topological polar surface area (TPSA) is 129 Å². The fourth-order valence-corrected chi connectivity index (χ4v) is 2.09. The van der Waals surface area contributed by atoms with Crippen molar-refractivity contribution in [3.05, 3.63) is 36.2 Å². The van der Waals surface area contributed by atoms with Crippen LogP contribution in [0.15, 0.2) is 35.7 Å². The molecule has 5 N–H and O–H groups in total. The van der Waals surface area contributed by atoms with Gasteiger partial charge in [-0.3, -0.25) is 9.59 Å². The van der Waals surface area contributed by atoms with E-state index in [2.05, 4.69) is 15.5 Å². The normalized spacial score (nSPS) is 10.2. The van der Waals surface area contributed by atoms with Gasteiger partial charge in [-0.05, 0) is 12.1 Å². The van der Waals surface area contributed by atoms with Crippen molar-refractivity contribution in [3.63, 3.8) is 0 Å². The molecule has 0 aliphatic rings. The van der Waals surface area contributed by atoms with E-state index < -0.39 is 5.91 Å². The molecular weight excluding hydrogens is 280 g/mol. The highest BCUT2D eigenvalue weighted by molar-refractivity contribution is 7.99. The third-order valence-corrected chi connectivity index (χ3v) is 3.30. The lowest BCUT2D eigenvalue weighted by atomic mass is 10.1. The fourth-order valence-electron chi connectivity index (χ4n) is 1.46. The summed E-state index contributed by atoms with van der Waals surface area (Å²) in [7, 11) is 0. The number of nitrogens with one attached hydrogen (secondary N) is 1. The van der Waals surface area contributed by atoms with Crippen LogP contribution in [-0.2, 0) is 4.79 Å². The molecule has 8 nitrogen and oxygen atoms in total. The van der Waals surface area contributed by atoms with Gasteiger partial charge in [-0.25, -0.2) is 4.68 Å². The molecule has 2 amide bonds. The number of carbonyl (C=O) groups is 2. The minimum absolute atomic E-state index is 0.0863. The number of nitrogens with zero attached hydrogens (tertiary/aromatic N) is 3. The van der Waals surface area contributed by atoms with E-state index in [9.17, 15) is 9.59 Å². The Morgan fingerprint density at radius 2 is 2.10 bits per heavy atom. The molecule has 104 valence electrons. The second-order valence-electron chi connectivity index (χ2n) is 3.77. The fraction of sp³-hybridized carbons (Fsp3) is 0.0909.